The zero-order valence-electron chi connectivity index (χ0n) is 18.4. The van der Waals surface area contributed by atoms with E-state index in [0.29, 0.717) is 41.2 Å². The van der Waals surface area contributed by atoms with Crippen LogP contribution in [0.2, 0.25) is 0 Å². The van der Waals surface area contributed by atoms with Crippen LogP contribution in [-0.2, 0) is 0 Å². The molecule has 0 aliphatic carbocycles. The number of hydrogen-bond acceptors (Lipinski definition) is 6. The van der Waals surface area contributed by atoms with E-state index in [4.69, 9.17) is 16.2 Å². The molecule has 5 N–H and O–H groups in total. The number of nitrogens with zero attached hydrogens (tertiary/aromatic N) is 3. The van der Waals surface area contributed by atoms with Gasteiger partial charge < -0.3 is 26.1 Å². The third kappa shape index (κ3) is 3.90. The monoisotopic (exact) mass is 468 g/mol. The highest BCUT2D eigenvalue weighted by molar-refractivity contribution is 5.95. The highest BCUT2D eigenvalue weighted by Gasteiger charge is 2.27. The number of H-pyrrole nitrogens is 1. The number of imidazole rings is 1. The van der Waals surface area contributed by atoms with Gasteiger partial charge in [-0.2, -0.15) is 0 Å². The Morgan fingerprint density at radius 2 is 1.79 bits per heavy atom. The number of aromatic nitrogens is 3. The van der Waals surface area contributed by atoms with Gasteiger partial charge in [-0.3, -0.25) is 0 Å². The molecule has 7 nitrogen and oxygen atoms in total. The SMILES string of the molecule is COc1cc(F)cc(-c2cnc(N)c(-c3nc4c(F)cc(F)cc4[nH]3)c2N2CCC(N)CC2)c1. The number of benzene rings is 2. The van der Waals surface area contributed by atoms with E-state index in [0.717, 1.165) is 18.9 Å². The quantitative estimate of drug-likeness (QED) is 0.414. The predicted octanol–water partition coefficient (Wildman–Crippen LogP) is 4.23. The second kappa shape index (κ2) is 8.53. The van der Waals surface area contributed by atoms with Gasteiger partial charge in [-0.25, -0.2) is 23.1 Å². The zero-order chi connectivity index (χ0) is 24.0. The summed E-state index contributed by atoms with van der Waals surface area (Å²) in [7, 11) is 1.46. The summed E-state index contributed by atoms with van der Waals surface area (Å²) in [4.78, 5) is 13.8. The minimum absolute atomic E-state index is 0.0137. The van der Waals surface area contributed by atoms with Gasteiger partial charge >= 0.3 is 0 Å². The number of aromatic amines is 1. The summed E-state index contributed by atoms with van der Waals surface area (Å²) in [6, 6.07) is 6.38. The maximum absolute atomic E-state index is 14.4. The van der Waals surface area contributed by atoms with E-state index in [9.17, 15) is 13.2 Å². The fourth-order valence-electron chi connectivity index (χ4n) is 4.41. The first-order valence-electron chi connectivity index (χ1n) is 10.8. The number of piperidine rings is 1. The molecule has 34 heavy (non-hydrogen) atoms. The third-order valence-electron chi connectivity index (χ3n) is 6.10. The van der Waals surface area contributed by atoms with Crippen molar-refractivity contribution in [1.29, 1.82) is 0 Å². The summed E-state index contributed by atoms with van der Waals surface area (Å²) >= 11 is 0. The van der Waals surface area contributed by atoms with Gasteiger partial charge in [0.2, 0.25) is 0 Å². The number of nitrogens with one attached hydrogen (secondary N) is 1. The largest absolute Gasteiger partial charge is 0.497 e. The molecule has 0 saturated carbocycles. The number of nitrogens with two attached hydrogens (primary N) is 2. The zero-order valence-corrected chi connectivity index (χ0v) is 18.4. The summed E-state index contributed by atoms with van der Waals surface area (Å²) in [5.74, 6) is -1.25. The van der Waals surface area contributed by atoms with Crippen molar-refractivity contribution >= 4 is 22.5 Å². The van der Waals surface area contributed by atoms with Gasteiger partial charge in [0, 0.05) is 43.0 Å². The average molecular weight is 468 g/mol. The lowest BCUT2D eigenvalue weighted by Gasteiger charge is -2.34. The Morgan fingerprint density at radius 3 is 2.53 bits per heavy atom. The number of ether oxygens (including phenoxy) is 1. The van der Waals surface area contributed by atoms with Crippen molar-refractivity contribution in [2.45, 2.75) is 18.9 Å². The van der Waals surface area contributed by atoms with E-state index in [-0.39, 0.29) is 28.7 Å². The van der Waals surface area contributed by atoms with Crippen LogP contribution in [0.25, 0.3) is 33.5 Å². The molecule has 0 bridgehead atoms. The lowest BCUT2D eigenvalue weighted by atomic mass is 9.97. The number of halogens is 3. The predicted molar refractivity (Wildman–Crippen MR) is 125 cm³/mol. The van der Waals surface area contributed by atoms with Crippen molar-refractivity contribution in [2.24, 2.45) is 5.73 Å². The third-order valence-corrected chi connectivity index (χ3v) is 6.10. The molecule has 2 aromatic heterocycles. The molecule has 0 radical (unpaired) electrons. The minimum Gasteiger partial charge on any atom is -0.497 e. The Balaban J connectivity index is 1.77. The van der Waals surface area contributed by atoms with Crippen molar-refractivity contribution in [3.63, 3.8) is 0 Å². The van der Waals surface area contributed by atoms with Crippen molar-refractivity contribution in [2.75, 3.05) is 30.8 Å². The highest BCUT2D eigenvalue weighted by Crippen LogP contribution is 2.43. The summed E-state index contributed by atoms with van der Waals surface area (Å²) in [6.07, 6.45) is 3.06. The number of rotatable bonds is 4. The van der Waals surface area contributed by atoms with Crippen LogP contribution in [0.15, 0.2) is 36.5 Å². The number of pyridine rings is 1. The first-order valence-corrected chi connectivity index (χ1v) is 10.8. The van der Waals surface area contributed by atoms with E-state index >= 15 is 0 Å². The highest BCUT2D eigenvalue weighted by atomic mass is 19.1. The molecule has 10 heteroatoms. The van der Waals surface area contributed by atoms with Crippen LogP contribution in [0, 0.1) is 17.5 Å². The molecule has 0 spiro atoms. The van der Waals surface area contributed by atoms with E-state index in [2.05, 4.69) is 19.9 Å². The molecule has 4 aromatic rings. The Bertz CT molecular complexity index is 1380. The van der Waals surface area contributed by atoms with Gasteiger partial charge in [0.15, 0.2) is 5.82 Å². The maximum atomic E-state index is 14.4. The van der Waals surface area contributed by atoms with Gasteiger partial charge in [-0.15, -0.1) is 0 Å². The lowest BCUT2D eigenvalue weighted by molar-refractivity contribution is 0.411. The second-order valence-electron chi connectivity index (χ2n) is 8.35. The Hall–Kier alpha value is -3.79. The molecule has 0 unspecified atom stereocenters. The fraction of sp³-hybridized carbons (Fsp3) is 0.250. The number of anilines is 2. The van der Waals surface area contributed by atoms with Crippen LogP contribution < -0.4 is 21.1 Å². The Kier molecular flexibility index (Phi) is 5.52. The normalized spacial score (nSPS) is 14.7. The summed E-state index contributed by atoms with van der Waals surface area (Å²) < 4.78 is 47.8. The van der Waals surface area contributed by atoms with Crippen LogP contribution in [0.1, 0.15) is 12.8 Å². The minimum atomic E-state index is -0.791. The molecule has 1 saturated heterocycles. The molecule has 176 valence electrons. The average Bonchev–Trinajstić information content (AvgIpc) is 3.23. The van der Waals surface area contributed by atoms with Crippen LogP contribution in [0.3, 0.4) is 0 Å². The van der Waals surface area contributed by atoms with E-state index in [1.807, 2.05) is 0 Å². The topological polar surface area (TPSA) is 106 Å². The fourth-order valence-corrected chi connectivity index (χ4v) is 4.41. The van der Waals surface area contributed by atoms with Crippen molar-refractivity contribution in [3.05, 3.63) is 54.0 Å². The number of hydrogen-bond donors (Lipinski definition) is 3. The smallest absolute Gasteiger partial charge is 0.153 e. The van der Waals surface area contributed by atoms with Gasteiger partial charge in [0.1, 0.15) is 34.5 Å². The van der Waals surface area contributed by atoms with Gasteiger partial charge in [-0.1, -0.05) is 0 Å². The standard InChI is InChI=1S/C24H23F3N6O/c1-34-16-7-12(6-13(25)8-16)17-11-30-23(29)20(22(17)33-4-2-15(28)3-5-33)24-31-19-10-14(26)9-18(27)21(19)32-24/h6-11,15H,2-5,28H2,1H3,(H2,29,30)(H,31,32). The van der Waals surface area contributed by atoms with E-state index in [1.54, 1.807) is 12.3 Å². The van der Waals surface area contributed by atoms with Crippen LogP contribution >= 0.6 is 0 Å². The first kappa shape index (κ1) is 22.0. The molecular formula is C24H23F3N6O. The molecule has 1 aliphatic heterocycles. The van der Waals surface area contributed by atoms with Gasteiger partial charge in [0.05, 0.1) is 23.9 Å². The molecule has 1 fully saturated rings. The molecule has 2 aromatic carbocycles. The molecule has 0 amide bonds. The Morgan fingerprint density at radius 1 is 1.06 bits per heavy atom. The summed E-state index contributed by atoms with van der Waals surface area (Å²) in [6.45, 7) is 1.25. The lowest BCUT2D eigenvalue weighted by Crippen LogP contribution is -2.40. The second-order valence-corrected chi connectivity index (χ2v) is 8.35. The van der Waals surface area contributed by atoms with Gasteiger partial charge in [-0.05, 0) is 36.6 Å². The molecule has 3 heterocycles. The van der Waals surface area contributed by atoms with Crippen molar-refractivity contribution < 1.29 is 17.9 Å². The molecule has 1 aliphatic rings. The summed E-state index contributed by atoms with van der Waals surface area (Å²) in [5.41, 5.74) is 14.8. The van der Waals surface area contributed by atoms with E-state index in [1.165, 1.54) is 25.3 Å². The summed E-state index contributed by atoms with van der Waals surface area (Å²) in [5, 5.41) is 0. The van der Waals surface area contributed by atoms with Crippen LogP contribution in [0.5, 0.6) is 5.75 Å². The van der Waals surface area contributed by atoms with Crippen molar-refractivity contribution in [3.8, 4) is 28.3 Å². The Labute approximate surface area is 193 Å². The number of methoxy groups -OCH3 is 1. The van der Waals surface area contributed by atoms with Crippen LogP contribution in [-0.4, -0.2) is 41.2 Å². The first-order chi connectivity index (χ1) is 16.3. The number of nitrogen functional groups attached to an aromatic ring is 1. The molecule has 5 rings (SSSR count). The molecular weight excluding hydrogens is 445 g/mol. The van der Waals surface area contributed by atoms with Crippen LogP contribution in [0.4, 0.5) is 24.7 Å². The van der Waals surface area contributed by atoms with E-state index < -0.39 is 17.5 Å². The van der Waals surface area contributed by atoms with Crippen molar-refractivity contribution in [1.82, 2.24) is 15.0 Å². The van der Waals surface area contributed by atoms with Gasteiger partial charge in [0.25, 0.3) is 0 Å². The number of fused-ring (bicyclic) bond motifs is 1. The maximum Gasteiger partial charge on any atom is 0.153 e. The molecule has 0 atom stereocenters.